The molecule has 1 nitrogen and oxygen atoms in total. The Hall–Kier alpha value is -2.31. The molecule has 0 fully saturated rings. The molecule has 150 valence electrons. The highest BCUT2D eigenvalue weighted by Gasteiger charge is 2.33. The molecule has 0 atom stereocenters. The molecule has 0 saturated carbocycles. The van der Waals surface area contributed by atoms with Crippen LogP contribution < -0.4 is 10.1 Å². The van der Waals surface area contributed by atoms with Crippen LogP contribution in [0.5, 0.6) is 0 Å². The van der Waals surface area contributed by atoms with Crippen molar-refractivity contribution in [2.75, 3.05) is 11.9 Å². The summed E-state index contributed by atoms with van der Waals surface area (Å²) in [5.41, 5.74) is 1.37. The second kappa shape index (κ2) is 6.88. The van der Waals surface area contributed by atoms with Crippen LogP contribution in [0.2, 0.25) is 19.6 Å². The van der Waals surface area contributed by atoms with E-state index < -0.39 is 19.8 Å². The molecule has 0 aliphatic heterocycles. The maximum atomic E-state index is 13.5. The van der Waals surface area contributed by atoms with Crippen LogP contribution >= 0.6 is 11.3 Å². The van der Waals surface area contributed by atoms with Crippen molar-refractivity contribution in [1.82, 2.24) is 0 Å². The number of nitrogens with zero attached hydrogens (tertiary/aromatic N) is 1. The van der Waals surface area contributed by atoms with E-state index in [1.807, 2.05) is 25.2 Å². The van der Waals surface area contributed by atoms with Gasteiger partial charge in [-0.15, -0.1) is 11.3 Å². The normalized spacial score (nSPS) is 12.7. The second-order valence-electron chi connectivity index (χ2n) is 8.29. The van der Waals surface area contributed by atoms with Crippen LogP contribution in [0.4, 0.5) is 24.5 Å². The molecular formula is C23H22F3NSSi. The molecule has 0 aliphatic carbocycles. The van der Waals surface area contributed by atoms with Crippen LogP contribution in [0.1, 0.15) is 5.56 Å². The van der Waals surface area contributed by atoms with Gasteiger partial charge in [0.25, 0.3) is 0 Å². The van der Waals surface area contributed by atoms with Gasteiger partial charge in [0.15, 0.2) is 0 Å². The zero-order chi connectivity index (χ0) is 21.0. The van der Waals surface area contributed by atoms with Crippen molar-refractivity contribution in [2.24, 2.45) is 0 Å². The average molecular weight is 430 g/mol. The predicted molar refractivity (Wildman–Crippen MR) is 122 cm³/mol. The van der Waals surface area contributed by atoms with Gasteiger partial charge in [-0.1, -0.05) is 61.2 Å². The van der Waals surface area contributed by atoms with Crippen molar-refractivity contribution in [2.45, 2.75) is 25.8 Å². The first-order valence-electron chi connectivity index (χ1n) is 9.43. The van der Waals surface area contributed by atoms with E-state index in [2.05, 4.69) is 48.8 Å². The molecule has 29 heavy (non-hydrogen) atoms. The Morgan fingerprint density at radius 2 is 1.38 bits per heavy atom. The fraction of sp³-hybridized carbons (Fsp3) is 0.217. The van der Waals surface area contributed by atoms with Crippen molar-refractivity contribution in [3.05, 3.63) is 66.2 Å². The van der Waals surface area contributed by atoms with E-state index in [0.29, 0.717) is 10.1 Å². The molecule has 0 spiro atoms. The summed E-state index contributed by atoms with van der Waals surface area (Å²) in [6.45, 7) is 6.92. The molecule has 0 N–H and O–H groups in total. The molecular weight excluding hydrogens is 407 g/mol. The number of hydrogen-bond donors (Lipinski definition) is 0. The SMILES string of the molecule is CN(c1ccc([Si](C)(C)C)cc1)c1cccc2c1sc1c(C(F)(F)F)cccc12. The van der Waals surface area contributed by atoms with Gasteiger partial charge in [0.2, 0.25) is 0 Å². The van der Waals surface area contributed by atoms with Gasteiger partial charge in [-0.05, 0) is 24.3 Å². The third-order valence-electron chi connectivity index (χ3n) is 5.29. The summed E-state index contributed by atoms with van der Waals surface area (Å²) in [4.78, 5) is 2.05. The van der Waals surface area contributed by atoms with E-state index in [4.69, 9.17) is 0 Å². The molecule has 0 radical (unpaired) electrons. The lowest BCUT2D eigenvalue weighted by atomic mass is 10.1. The number of rotatable bonds is 3. The standard InChI is InChI=1S/C23H22F3NSSi/c1-27(15-11-13-16(14-12-15)29(2,3)4)20-10-6-8-18-17-7-5-9-19(23(24,25)26)21(17)28-22(18)20/h5-14H,1-4H3. The van der Waals surface area contributed by atoms with Gasteiger partial charge in [-0.2, -0.15) is 13.2 Å². The minimum absolute atomic E-state index is 0.296. The maximum Gasteiger partial charge on any atom is 0.417 e. The number of fused-ring (bicyclic) bond motifs is 3. The Morgan fingerprint density at radius 3 is 1.97 bits per heavy atom. The van der Waals surface area contributed by atoms with Crippen LogP contribution in [-0.2, 0) is 6.18 Å². The number of hydrogen-bond acceptors (Lipinski definition) is 2. The zero-order valence-electron chi connectivity index (χ0n) is 16.8. The quantitative estimate of drug-likeness (QED) is 0.307. The largest absolute Gasteiger partial charge is 0.417 e. The van der Waals surface area contributed by atoms with E-state index >= 15 is 0 Å². The molecule has 6 heteroatoms. The summed E-state index contributed by atoms with van der Waals surface area (Å²) in [6, 6.07) is 18.8. The predicted octanol–water partition coefficient (Wildman–Crippen LogP) is 7.39. The van der Waals surface area contributed by atoms with E-state index in [1.54, 1.807) is 6.07 Å². The number of thiophene rings is 1. The topological polar surface area (TPSA) is 3.24 Å². The molecule has 0 amide bonds. The fourth-order valence-electron chi connectivity index (χ4n) is 3.62. The molecule has 1 heterocycles. The summed E-state index contributed by atoms with van der Waals surface area (Å²) in [7, 11) is 0.582. The Kier molecular flexibility index (Phi) is 4.74. The lowest BCUT2D eigenvalue weighted by molar-refractivity contribution is -0.136. The molecule has 3 aromatic carbocycles. The number of benzene rings is 3. The molecule has 4 aromatic rings. The van der Waals surface area contributed by atoms with Crippen molar-refractivity contribution in [1.29, 1.82) is 0 Å². The van der Waals surface area contributed by atoms with Crippen LogP contribution in [0.25, 0.3) is 20.2 Å². The Labute approximate surface area is 173 Å². The molecule has 1 aromatic heterocycles. The summed E-state index contributed by atoms with van der Waals surface area (Å²) in [5.74, 6) is 0. The second-order valence-corrected chi connectivity index (χ2v) is 14.4. The number of alkyl halides is 3. The Morgan fingerprint density at radius 1 is 0.793 bits per heavy atom. The van der Waals surface area contributed by atoms with Crippen molar-refractivity contribution in [3.8, 4) is 0 Å². The van der Waals surface area contributed by atoms with Gasteiger partial charge < -0.3 is 4.90 Å². The highest BCUT2D eigenvalue weighted by molar-refractivity contribution is 7.26. The Bertz CT molecular complexity index is 1190. The average Bonchev–Trinajstić information content (AvgIpc) is 3.04. The van der Waals surface area contributed by atoms with Crippen molar-refractivity contribution >= 4 is 56.1 Å². The highest BCUT2D eigenvalue weighted by atomic mass is 32.1. The lowest BCUT2D eigenvalue weighted by Gasteiger charge is -2.22. The van der Waals surface area contributed by atoms with Gasteiger partial charge in [0, 0.05) is 28.2 Å². The first kappa shape index (κ1) is 20.0. The van der Waals surface area contributed by atoms with Gasteiger partial charge in [0.05, 0.1) is 24.0 Å². The molecule has 0 saturated heterocycles. The van der Waals surface area contributed by atoms with Crippen LogP contribution in [0.3, 0.4) is 0 Å². The summed E-state index contributed by atoms with van der Waals surface area (Å²) in [6.07, 6.45) is -4.36. The third-order valence-corrected chi connectivity index (χ3v) is 8.63. The molecule has 0 bridgehead atoms. The monoisotopic (exact) mass is 429 g/mol. The van der Waals surface area contributed by atoms with Crippen LogP contribution in [-0.4, -0.2) is 15.1 Å². The lowest BCUT2D eigenvalue weighted by Crippen LogP contribution is -2.37. The van der Waals surface area contributed by atoms with E-state index in [-0.39, 0.29) is 0 Å². The first-order chi connectivity index (χ1) is 13.6. The number of halogens is 3. The smallest absolute Gasteiger partial charge is 0.343 e. The van der Waals surface area contributed by atoms with Gasteiger partial charge in [0.1, 0.15) is 0 Å². The summed E-state index contributed by atoms with van der Waals surface area (Å²) >= 11 is 1.22. The minimum Gasteiger partial charge on any atom is -0.343 e. The van der Waals surface area contributed by atoms with E-state index in [9.17, 15) is 13.2 Å². The summed E-state index contributed by atoms with van der Waals surface area (Å²) < 4.78 is 41.7. The van der Waals surface area contributed by atoms with Crippen LogP contribution in [0.15, 0.2) is 60.7 Å². The first-order valence-corrected chi connectivity index (χ1v) is 13.7. The van der Waals surface area contributed by atoms with E-state index in [0.717, 1.165) is 27.5 Å². The highest BCUT2D eigenvalue weighted by Crippen LogP contribution is 2.45. The maximum absolute atomic E-state index is 13.5. The van der Waals surface area contributed by atoms with E-state index in [1.165, 1.54) is 22.6 Å². The molecule has 4 rings (SSSR count). The number of anilines is 2. The molecule has 0 aliphatic rings. The third kappa shape index (κ3) is 3.55. The van der Waals surface area contributed by atoms with Gasteiger partial charge in [-0.25, -0.2) is 0 Å². The van der Waals surface area contributed by atoms with Crippen molar-refractivity contribution in [3.63, 3.8) is 0 Å². The Balaban J connectivity index is 1.86. The van der Waals surface area contributed by atoms with Gasteiger partial charge >= 0.3 is 6.18 Å². The van der Waals surface area contributed by atoms with Crippen molar-refractivity contribution < 1.29 is 13.2 Å². The van der Waals surface area contributed by atoms with Crippen LogP contribution in [0, 0.1) is 0 Å². The molecule has 0 unspecified atom stereocenters. The minimum atomic E-state index is -4.36. The fourth-order valence-corrected chi connectivity index (χ4v) is 6.17. The zero-order valence-corrected chi connectivity index (χ0v) is 18.6. The van der Waals surface area contributed by atoms with Gasteiger partial charge in [-0.3, -0.25) is 0 Å². The summed E-state index contributed by atoms with van der Waals surface area (Å²) in [5, 5.41) is 2.90.